The first-order valence-corrected chi connectivity index (χ1v) is 9.20. The lowest BCUT2D eigenvalue weighted by molar-refractivity contribution is -0.116. The third kappa shape index (κ3) is 5.27. The Labute approximate surface area is 164 Å². The van der Waals surface area contributed by atoms with Gasteiger partial charge in [0.05, 0.1) is 11.9 Å². The third-order valence-electron chi connectivity index (χ3n) is 4.05. The summed E-state index contributed by atoms with van der Waals surface area (Å²) in [6.45, 7) is 3.99. The average Bonchev–Trinajstić information content (AvgIpc) is 2.68. The number of phenolic OH excluding ortho intramolecular Hbond substituents is 1. The Bertz CT molecular complexity index is 965. The van der Waals surface area contributed by atoms with E-state index in [-0.39, 0.29) is 17.6 Å². The molecule has 2 aromatic carbocycles. The van der Waals surface area contributed by atoms with Gasteiger partial charge in [0.2, 0.25) is 5.91 Å². The van der Waals surface area contributed by atoms with Crippen LogP contribution in [0.1, 0.15) is 31.5 Å². The van der Waals surface area contributed by atoms with E-state index in [9.17, 15) is 9.90 Å². The number of hydrogen-bond donors (Lipinski definition) is 2. The molecular weight excluding hydrogens is 350 g/mol. The molecule has 3 aromatic rings. The number of aromatic hydroxyl groups is 1. The number of carbonyl (C=O) groups is 1. The quantitative estimate of drug-likeness (QED) is 0.637. The largest absolute Gasteiger partial charge is 0.508 e. The van der Waals surface area contributed by atoms with Crippen molar-refractivity contribution in [2.75, 3.05) is 5.32 Å². The van der Waals surface area contributed by atoms with Gasteiger partial charge in [0.15, 0.2) is 5.82 Å². The molecule has 0 aliphatic heterocycles. The SMILES string of the molecule is CC(C)CC(=O)Nc1ncc(-c2ccc(O)cc2)nc1/C=C/c1ccccc1. The van der Waals surface area contributed by atoms with Crippen molar-refractivity contribution >= 4 is 23.9 Å². The number of carbonyl (C=O) groups excluding carboxylic acids is 1. The third-order valence-corrected chi connectivity index (χ3v) is 4.05. The van der Waals surface area contributed by atoms with Crippen LogP contribution in [-0.4, -0.2) is 21.0 Å². The fraction of sp³-hybridized carbons (Fsp3) is 0.174. The minimum absolute atomic E-state index is 0.0870. The van der Waals surface area contributed by atoms with Crippen molar-refractivity contribution in [3.8, 4) is 17.0 Å². The van der Waals surface area contributed by atoms with Crippen LogP contribution in [0.15, 0.2) is 60.8 Å². The van der Waals surface area contributed by atoms with Crippen LogP contribution in [0.2, 0.25) is 0 Å². The molecule has 0 radical (unpaired) electrons. The van der Waals surface area contributed by atoms with E-state index in [4.69, 9.17) is 0 Å². The van der Waals surface area contributed by atoms with Crippen molar-refractivity contribution in [2.24, 2.45) is 5.92 Å². The zero-order valence-corrected chi connectivity index (χ0v) is 16.0. The van der Waals surface area contributed by atoms with E-state index in [2.05, 4.69) is 15.3 Å². The van der Waals surface area contributed by atoms with Crippen LogP contribution >= 0.6 is 0 Å². The van der Waals surface area contributed by atoms with E-state index >= 15 is 0 Å². The first kappa shape index (κ1) is 19.3. The number of benzene rings is 2. The smallest absolute Gasteiger partial charge is 0.225 e. The van der Waals surface area contributed by atoms with Gasteiger partial charge < -0.3 is 10.4 Å². The van der Waals surface area contributed by atoms with Crippen molar-refractivity contribution in [3.05, 3.63) is 72.1 Å². The summed E-state index contributed by atoms with van der Waals surface area (Å²) in [5, 5.41) is 12.4. The van der Waals surface area contributed by atoms with Crippen LogP contribution in [0.3, 0.4) is 0 Å². The van der Waals surface area contributed by atoms with Gasteiger partial charge in [-0.25, -0.2) is 9.97 Å². The maximum atomic E-state index is 12.2. The Balaban J connectivity index is 1.95. The molecular formula is C23H23N3O2. The predicted octanol–water partition coefficient (Wildman–Crippen LogP) is 5.00. The van der Waals surface area contributed by atoms with Crippen molar-refractivity contribution in [1.82, 2.24) is 9.97 Å². The highest BCUT2D eigenvalue weighted by Crippen LogP contribution is 2.23. The topological polar surface area (TPSA) is 75.1 Å². The van der Waals surface area contributed by atoms with Gasteiger partial charge >= 0.3 is 0 Å². The maximum Gasteiger partial charge on any atom is 0.225 e. The van der Waals surface area contributed by atoms with Crippen LogP contribution in [0.5, 0.6) is 5.75 Å². The van der Waals surface area contributed by atoms with Gasteiger partial charge in [-0.05, 0) is 41.8 Å². The molecule has 0 saturated carbocycles. The molecule has 0 unspecified atom stereocenters. The predicted molar refractivity (Wildman–Crippen MR) is 113 cm³/mol. The molecule has 0 fully saturated rings. The van der Waals surface area contributed by atoms with Crippen LogP contribution in [0.4, 0.5) is 5.82 Å². The molecule has 2 N–H and O–H groups in total. The van der Waals surface area contributed by atoms with Gasteiger partial charge in [0.1, 0.15) is 11.4 Å². The van der Waals surface area contributed by atoms with E-state index in [0.29, 0.717) is 23.6 Å². The lowest BCUT2D eigenvalue weighted by atomic mass is 10.1. The highest BCUT2D eigenvalue weighted by Gasteiger charge is 2.12. The summed E-state index contributed by atoms with van der Waals surface area (Å²) in [7, 11) is 0. The molecule has 5 heteroatoms. The summed E-state index contributed by atoms with van der Waals surface area (Å²) in [6, 6.07) is 16.6. The summed E-state index contributed by atoms with van der Waals surface area (Å²) in [5.41, 5.74) is 3.10. The Hall–Kier alpha value is -3.47. The minimum Gasteiger partial charge on any atom is -0.508 e. The van der Waals surface area contributed by atoms with Crippen LogP contribution < -0.4 is 5.32 Å². The molecule has 0 saturated heterocycles. The molecule has 0 spiro atoms. The second kappa shape index (κ2) is 8.95. The van der Waals surface area contributed by atoms with Crippen molar-refractivity contribution in [1.29, 1.82) is 0 Å². The zero-order chi connectivity index (χ0) is 19.9. The fourth-order valence-electron chi connectivity index (χ4n) is 2.68. The van der Waals surface area contributed by atoms with Gasteiger partial charge in [0.25, 0.3) is 0 Å². The average molecular weight is 373 g/mol. The molecule has 5 nitrogen and oxygen atoms in total. The number of phenols is 1. The lowest BCUT2D eigenvalue weighted by Gasteiger charge is -2.10. The number of hydrogen-bond acceptors (Lipinski definition) is 4. The number of amides is 1. The summed E-state index contributed by atoms with van der Waals surface area (Å²) < 4.78 is 0. The molecule has 1 aromatic heterocycles. The van der Waals surface area contributed by atoms with Crippen LogP contribution in [0.25, 0.3) is 23.4 Å². The zero-order valence-electron chi connectivity index (χ0n) is 16.0. The number of aromatic nitrogens is 2. The number of nitrogens with zero attached hydrogens (tertiary/aromatic N) is 2. The molecule has 142 valence electrons. The van der Waals surface area contributed by atoms with Gasteiger partial charge in [-0.3, -0.25) is 4.79 Å². The molecule has 0 atom stereocenters. The summed E-state index contributed by atoms with van der Waals surface area (Å²) in [5.74, 6) is 0.794. The van der Waals surface area contributed by atoms with E-state index in [1.54, 1.807) is 30.5 Å². The maximum absolute atomic E-state index is 12.2. The van der Waals surface area contributed by atoms with E-state index < -0.39 is 0 Å². The van der Waals surface area contributed by atoms with E-state index in [1.165, 1.54) is 0 Å². The van der Waals surface area contributed by atoms with Crippen molar-refractivity contribution in [2.45, 2.75) is 20.3 Å². The first-order valence-electron chi connectivity index (χ1n) is 9.20. The van der Waals surface area contributed by atoms with Crippen molar-refractivity contribution in [3.63, 3.8) is 0 Å². The second-order valence-corrected chi connectivity index (χ2v) is 6.93. The fourth-order valence-corrected chi connectivity index (χ4v) is 2.68. The van der Waals surface area contributed by atoms with E-state index in [0.717, 1.165) is 11.1 Å². The Morgan fingerprint density at radius 2 is 1.79 bits per heavy atom. The molecule has 0 bridgehead atoms. The highest BCUT2D eigenvalue weighted by atomic mass is 16.3. The summed E-state index contributed by atoms with van der Waals surface area (Å²) >= 11 is 0. The Morgan fingerprint density at radius 1 is 1.07 bits per heavy atom. The molecule has 28 heavy (non-hydrogen) atoms. The molecule has 3 rings (SSSR count). The number of anilines is 1. The van der Waals surface area contributed by atoms with E-state index in [1.807, 2.05) is 56.3 Å². The molecule has 1 amide bonds. The molecule has 1 heterocycles. The number of nitrogens with one attached hydrogen (secondary N) is 1. The Morgan fingerprint density at radius 3 is 2.46 bits per heavy atom. The Kier molecular flexibility index (Phi) is 6.17. The standard InChI is InChI=1S/C23H23N3O2/c1-16(2)14-22(28)26-23-20(13-8-17-6-4-3-5-7-17)25-21(15-24-23)18-9-11-19(27)12-10-18/h3-13,15-16,27H,14H2,1-2H3,(H,24,26,28)/b13-8+. The highest BCUT2D eigenvalue weighted by molar-refractivity contribution is 5.92. The number of rotatable bonds is 6. The van der Waals surface area contributed by atoms with Gasteiger partial charge in [-0.2, -0.15) is 0 Å². The summed E-state index contributed by atoms with van der Waals surface area (Å²) in [4.78, 5) is 21.3. The normalized spacial score (nSPS) is 11.1. The van der Waals surface area contributed by atoms with Crippen molar-refractivity contribution < 1.29 is 9.90 Å². The van der Waals surface area contributed by atoms with Crippen LogP contribution in [0, 0.1) is 5.92 Å². The van der Waals surface area contributed by atoms with Gasteiger partial charge in [0, 0.05) is 12.0 Å². The lowest BCUT2D eigenvalue weighted by Crippen LogP contribution is -2.16. The summed E-state index contributed by atoms with van der Waals surface area (Å²) in [6.07, 6.45) is 5.82. The first-order chi connectivity index (χ1) is 13.5. The second-order valence-electron chi connectivity index (χ2n) is 6.93. The molecule has 0 aliphatic carbocycles. The van der Waals surface area contributed by atoms with Crippen LogP contribution in [-0.2, 0) is 4.79 Å². The van der Waals surface area contributed by atoms with Gasteiger partial charge in [-0.1, -0.05) is 50.3 Å². The monoisotopic (exact) mass is 373 g/mol. The van der Waals surface area contributed by atoms with Gasteiger partial charge in [-0.15, -0.1) is 0 Å². The minimum atomic E-state index is -0.0870. The molecule has 0 aliphatic rings.